The lowest BCUT2D eigenvalue weighted by Crippen LogP contribution is -2.38. The molecular formula is C15H28N4. The Morgan fingerprint density at radius 2 is 2.05 bits per heavy atom. The largest absolute Gasteiger partial charge is 0.302 e. The lowest BCUT2D eigenvalue weighted by Gasteiger charge is -2.26. The third kappa shape index (κ3) is 4.45. The number of nitrogens with one attached hydrogen (secondary N) is 1. The predicted molar refractivity (Wildman–Crippen MR) is 77.9 cm³/mol. The molecule has 1 aliphatic heterocycles. The highest BCUT2D eigenvalue weighted by molar-refractivity contribution is 4.96. The van der Waals surface area contributed by atoms with Crippen molar-refractivity contribution in [3.8, 4) is 6.07 Å². The second kappa shape index (κ2) is 7.23. The lowest BCUT2D eigenvalue weighted by molar-refractivity contribution is 0.209. The van der Waals surface area contributed by atoms with Crippen LogP contribution in [-0.2, 0) is 0 Å². The Morgan fingerprint density at radius 1 is 1.32 bits per heavy atom. The minimum atomic E-state index is 0.0556. The van der Waals surface area contributed by atoms with Crippen LogP contribution in [0.3, 0.4) is 0 Å². The molecule has 0 amide bonds. The molecule has 0 radical (unpaired) electrons. The van der Waals surface area contributed by atoms with Gasteiger partial charge in [-0.1, -0.05) is 13.8 Å². The summed E-state index contributed by atoms with van der Waals surface area (Å²) in [5.74, 6) is 0. The summed E-state index contributed by atoms with van der Waals surface area (Å²) in [5.41, 5.74) is 0. The molecule has 2 fully saturated rings. The van der Waals surface area contributed by atoms with E-state index in [1.165, 1.54) is 32.4 Å². The maximum atomic E-state index is 9.15. The summed E-state index contributed by atoms with van der Waals surface area (Å²) in [5, 5.41) is 12.6. The summed E-state index contributed by atoms with van der Waals surface area (Å²) in [6, 6.07) is 3.82. The minimum absolute atomic E-state index is 0.0556. The van der Waals surface area contributed by atoms with Gasteiger partial charge in [-0.2, -0.15) is 5.26 Å². The average molecular weight is 264 g/mol. The van der Waals surface area contributed by atoms with Gasteiger partial charge >= 0.3 is 0 Å². The number of nitriles is 1. The van der Waals surface area contributed by atoms with Crippen molar-refractivity contribution >= 4 is 0 Å². The van der Waals surface area contributed by atoms with E-state index in [9.17, 15) is 0 Å². The summed E-state index contributed by atoms with van der Waals surface area (Å²) >= 11 is 0. The van der Waals surface area contributed by atoms with Crippen LogP contribution >= 0.6 is 0 Å². The van der Waals surface area contributed by atoms with Crippen LogP contribution in [0.2, 0.25) is 0 Å². The average Bonchev–Trinajstić information content (AvgIpc) is 3.13. The van der Waals surface area contributed by atoms with E-state index >= 15 is 0 Å². The van der Waals surface area contributed by atoms with E-state index < -0.39 is 0 Å². The molecule has 19 heavy (non-hydrogen) atoms. The second-order valence-corrected chi connectivity index (χ2v) is 5.88. The number of rotatable bonds is 8. The first-order chi connectivity index (χ1) is 9.26. The maximum Gasteiger partial charge on any atom is 0.0967 e. The molecule has 2 aliphatic rings. The highest BCUT2D eigenvalue weighted by Crippen LogP contribution is 2.20. The minimum Gasteiger partial charge on any atom is -0.302 e. The van der Waals surface area contributed by atoms with Crippen LogP contribution in [0.1, 0.15) is 39.5 Å². The van der Waals surface area contributed by atoms with Gasteiger partial charge in [0.1, 0.15) is 0 Å². The van der Waals surface area contributed by atoms with Crippen molar-refractivity contribution < 1.29 is 0 Å². The lowest BCUT2D eigenvalue weighted by atomic mass is 10.2. The number of hydrogen-bond acceptors (Lipinski definition) is 4. The zero-order valence-electron chi connectivity index (χ0n) is 12.4. The van der Waals surface area contributed by atoms with Crippen molar-refractivity contribution in [1.82, 2.24) is 15.1 Å². The molecule has 4 heteroatoms. The quantitative estimate of drug-likeness (QED) is 0.720. The maximum absolute atomic E-state index is 9.15. The van der Waals surface area contributed by atoms with Crippen LogP contribution in [0.25, 0.3) is 0 Å². The van der Waals surface area contributed by atoms with E-state index in [1.54, 1.807) is 0 Å². The SMILES string of the molecule is CCN(CC)C1CCN(CCC(C#N)NC2CC2)C1. The van der Waals surface area contributed by atoms with Crippen LogP contribution < -0.4 is 5.32 Å². The molecule has 0 aromatic carbocycles. The highest BCUT2D eigenvalue weighted by Gasteiger charge is 2.28. The van der Waals surface area contributed by atoms with Gasteiger partial charge in [-0.15, -0.1) is 0 Å². The van der Waals surface area contributed by atoms with E-state index in [4.69, 9.17) is 5.26 Å². The molecule has 0 aromatic rings. The zero-order chi connectivity index (χ0) is 13.7. The molecule has 1 saturated carbocycles. The summed E-state index contributed by atoms with van der Waals surface area (Å²) < 4.78 is 0. The van der Waals surface area contributed by atoms with Crippen molar-refractivity contribution in [2.75, 3.05) is 32.7 Å². The van der Waals surface area contributed by atoms with Gasteiger partial charge in [-0.05, 0) is 45.3 Å². The molecule has 2 unspecified atom stereocenters. The van der Waals surface area contributed by atoms with Crippen LogP contribution in [-0.4, -0.2) is 60.6 Å². The van der Waals surface area contributed by atoms with Gasteiger partial charge in [0, 0.05) is 25.2 Å². The normalized spacial score (nSPS) is 25.7. The third-order valence-corrected chi connectivity index (χ3v) is 4.48. The fourth-order valence-corrected chi connectivity index (χ4v) is 3.08. The Labute approximate surface area is 117 Å². The standard InChI is InChI=1S/C15H28N4/c1-3-19(4-2)15-8-10-18(12-15)9-7-14(11-16)17-13-5-6-13/h13-15,17H,3-10,12H2,1-2H3. The Bertz CT molecular complexity index is 304. The van der Waals surface area contributed by atoms with Gasteiger partial charge < -0.3 is 4.90 Å². The fraction of sp³-hybridized carbons (Fsp3) is 0.933. The Kier molecular flexibility index (Phi) is 5.62. The van der Waals surface area contributed by atoms with E-state index in [0.717, 1.165) is 32.1 Å². The highest BCUT2D eigenvalue weighted by atomic mass is 15.2. The Hall–Kier alpha value is -0.630. The summed E-state index contributed by atoms with van der Waals surface area (Å²) in [4.78, 5) is 5.09. The topological polar surface area (TPSA) is 42.3 Å². The summed E-state index contributed by atoms with van der Waals surface area (Å²) in [7, 11) is 0. The fourth-order valence-electron chi connectivity index (χ4n) is 3.08. The van der Waals surface area contributed by atoms with Gasteiger partial charge in [0.05, 0.1) is 12.1 Å². The van der Waals surface area contributed by atoms with Crippen LogP contribution in [0, 0.1) is 11.3 Å². The molecule has 1 aliphatic carbocycles. The van der Waals surface area contributed by atoms with E-state index in [-0.39, 0.29) is 6.04 Å². The molecule has 0 spiro atoms. The number of nitrogens with zero attached hydrogens (tertiary/aromatic N) is 3. The van der Waals surface area contributed by atoms with Crippen LogP contribution in [0.4, 0.5) is 0 Å². The molecule has 2 rings (SSSR count). The molecule has 1 heterocycles. The van der Waals surface area contributed by atoms with Gasteiger partial charge in [0.2, 0.25) is 0 Å². The van der Waals surface area contributed by atoms with E-state index in [1.807, 2.05) is 0 Å². The molecule has 108 valence electrons. The third-order valence-electron chi connectivity index (χ3n) is 4.48. The van der Waals surface area contributed by atoms with Gasteiger partial charge in [0.15, 0.2) is 0 Å². The summed E-state index contributed by atoms with van der Waals surface area (Å²) in [6.07, 6.45) is 4.77. The monoisotopic (exact) mass is 264 g/mol. The summed E-state index contributed by atoms with van der Waals surface area (Å²) in [6.45, 7) is 10.2. The Balaban J connectivity index is 1.67. The first kappa shape index (κ1) is 14.8. The van der Waals surface area contributed by atoms with E-state index in [2.05, 4.69) is 35.0 Å². The van der Waals surface area contributed by atoms with Gasteiger partial charge in [-0.25, -0.2) is 0 Å². The second-order valence-electron chi connectivity index (χ2n) is 5.88. The zero-order valence-corrected chi connectivity index (χ0v) is 12.4. The van der Waals surface area contributed by atoms with Crippen molar-refractivity contribution in [1.29, 1.82) is 5.26 Å². The van der Waals surface area contributed by atoms with E-state index in [0.29, 0.717) is 6.04 Å². The van der Waals surface area contributed by atoms with Crippen LogP contribution in [0.15, 0.2) is 0 Å². The first-order valence-electron chi connectivity index (χ1n) is 7.88. The van der Waals surface area contributed by atoms with Crippen molar-refractivity contribution in [3.05, 3.63) is 0 Å². The molecule has 4 nitrogen and oxygen atoms in total. The first-order valence-corrected chi connectivity index (χ1v) is 7.88. The molecule has 1 saturated heterocycles. The van der Waals surface area contributed by atoms with Crippen LogP contribution in [0.5, 0.6) is 0 Å². The molecule has 2 atom stereocenters. The molecule has 0 aromatic heterocycles. The number of likely N-dealkylation sites (N-methyl/N-ethyl adjacent to an activating group) is 1. The number of hydrogen-bond donors (Lipinski definition) is 1. The molecular weight excluding hydrogens is 236 g/mol. The van der Waals surface area contributed by atoms with Crippen molar-refractivity contribution in [3.63, 3.8) is 0 Å². The van der Waals surface area contributed by atoms with Crippen molar-refractivity contribution in [2.24, 2.45) is 0 Å². The number of likely N-dealkylation sites (tertiary alicyclic amines) is 1. The molecule has 0 bridgehead atoms. The van der Waals surface area contributed by atoms with Gasteiger partial charge in [0.25, 0.3) is 0 Å². The van der Waals surface area contributed by atoms with Gasteiger partial charge in [-0.3, -0.25) is 10.2 Å². The molecule has 1 N–H and O–H groups in total. The Morgan fingerprint density at radius 3 is 2.63 bits per heavy atom. The van der Waals surface area contributed by atoms with Crippen molar-refractivity contribution in [2.45, 2.75) is 57.7 Å². The smallest absolute Gasteiger partial charge is 0.0967 e. The predicted octanol–water partition coefficient (Wildman–Crippen LogP) is 1.44.